The Labute approximate surface area is 441 Å². The summed E-state index contributed by atoms with van der Waals surface area (Å²) in [6, 6.07) is 0. The van der Waals surface area contributed by atoms with Gasteiger partial charge in [0.2, 0.25) is 0 Å². The molecule has 0 rings (SSSR count). The van der Waals surface area contributed by atoms with E-state index in [-0.39, 0.29) is 25.7 Å². The maximum Gasteiger partial charge on any atom is 0.472 e. The fourth-order valence-electron chi connectivity index (χ4n) is 7.78. The molecule has 0 radical (unpaired) electrons. The normalized spacial score (nSPS) is 14.9. The minimum absolute atomic E-state index is 0.0986. The van der Waals surface area contributed by atoms with E-state index in [4.69, 9.17) is 37.0 Å². The summed E-state index contributed by atoms with van der Waals surface area (Å²) in [5.41, 5.74) is 0. The molecule has 0 aliphatic rings. The molecule has 0 bridgehead atoms. The number of unbranched alkanes of at least 4 members (excludes halogenated alkanes) is 25. The zero-order chi connectivity index (χ0) is 54.3. The van der Waals surface area contributed by atoms with Gasteiger partial charge in [-0.2, -0.15) is 0 Å². The highest BCUT2D eigenvalue weighted by atomic mass is 31.2. The molecular formula is C54H104O17P2. The van der Waals surface area contributed by atoms with Crippen molar-refractivity contribution in [3.63, 3.8) is 0 Å². The summed E-state index contributed by atoms with van der Waals surface area (Å²) >= 11 is 0. The van der Waals surface area contributed by atoms with E-state index in [0.717, 1.165) is 109 Å². The molecule has 0 aliphatic heterocycles. The minimum atomic E-state index is -4.92. The maximum atomic E-state index is 12.8. The van der Waals surface area contributed by atoms with Crippen LogP contribution in [0.4, 0.5) is 0 Å². The van der Waals surface area contributed by atoms with Crippen LogP contribution in [-0.4, -0.2) is 96.7 Å². The van der Waals surface area contributed by atoms with Gasteiger partial charge in [0.15, 0.2) is 12.2 Å². The highest BCUT2D eigenvalue weighted by Crippen LogP contribution is 2.45. The molecule has 73 heavy (non-hydrogen) atoms. The zero-order valence-electron chi connectivity index (χ0n) is 46.3. The molecule has 432 valence electrons. The van der Waals surface area contributed by atoms with Crippen molar-refractivity contribution >= 4 is 39.5 Å². The quantitative estimate of drug-likeness (QED) is 0.0222. The maximum absolute atomic E-state index is 12.8. The van der Waals surface area contributed by atoms with Crippen LogP contribution in [-0.2, 0) is 65.4 Å². The molecule has 6 atom stereocenters. The number of aliphatic hydroxyl groups excluding tert-OH is 1. The molecule has 3 unspecified atom stereocenters. The Bertz CT molecular complexity index is 1450. The van der Waals surface area contributed by atoms with E-state index in [9.17, 15) is 43.2 Å². The molecule has 0 aromatic heterocycles. The number of phosphoric acid groups is 2. The molecular weight excluding hydrogens is 983 g/mol. The number of esters is 4. The lowest BCUT2D eigenvalue weighted by molar-refractivity contribution is -0.161. The lowest BCUT2D eigenvalue weighted by Crippen LogP contribution is -2.30. The minimum Gasteiger partial charge on any atom is -0.462 e. The number of ether oxygens (including phenoxy) is 4. The van der Waals surface area contributed by atoms with E-state index in [0.29, 0.717) is 25.7 Å². The van der Waals surface area contributed by atoms with Crippen LogP contribution in [0.25, 0.3) is 0 Å². The Morgan fingerprint density at radius 1 is 0.384 bits per heavy atom. The van der Waals surface area contributed by atoms with E-state index in [1.54, 1.807) is 0 Å². The van der Waals surface area contributed by atoms with Crippen LogP contribution >= 0.6 is 15.6 Å². The summed E-state index contributed by atoms with van der Waals surface area (Å²) in [6.45, 7) is 6.90. The molecule has 0 heterocycles. The average molecular weight is 1090 g/mol. The fraction of sp³-hybridized carbons (Fsp3) is 0.926. The molecule has 0 aromatic carbocycles. The van der Waals surface area contributed by atoms with Gasteiger partial charge in [-0.05, 0) is 31.6 Å². The molecule has 0 fully saturated rings. The molecule has 0 aliphatic carbocycles. The summed E-state index contributed by atoms with van der Waals surface area (Å²) < 4.78 is 66.9. The SMILES string of the molecule is CCCCCCCC(=O)OC[C@H](COP(=O)(O)OC[C@H](O)COP(=O)(O)OC[C@@H](COC(=O)CCCCCCC)OC(=O)CCCCCCCCCCCCCCCCC(C)CC)OC(=O)CCCCCCC. The van der Waals surface area contributed by atoms with Gasteiger partial charge < -0.3 is 33.8 Å². The molecule has 17 nitrogen and oxygen atoms in total. The van der Waals surface area contributed by atoms with Gasteiger partial charge in [0.25, 0.3) is 0 Å². The highest BCUT2D eigenvalue weighted by Gasteiger charge is 2.30. The van der Waals surface area contributed by atoms with Gasteiger partial charge in [-0.25, -0.2) is 9.13 Å². The van der Waals surface area contributed by atoms with Crippen LogP contribution in [0.5, 0.6) is 0 Å². The lowest BCUT2D eigenvalue weighted by atomic mass is 9.99. The third-order valence-corrected chi connectivity index (χ3v) is 14.5. The average Bonchev–Trinajstić information content (AvgIpc) is 3.36. The van der Waals surface area contributed by atoms with Crippen molar-refractivity contribution in [2.24, 2.45) is 5.92 Å². The third-order valence-electron chi connectivity index (χ3n) is 12.6. The van der Waals surface area contributed by atoms with Crippen LogP contribution < -0.4 is 0 Å². The van der Waals surface area contributed by atoms with Crippen molar-refractivity contribution in [1.82, 2.24) is 0 Å². The van der Waals surface area contributed by atoms with E-state index in [1.807, 2.05) is 0 Å². The first-order valence-corrected chi connectivity index (χ1v) is 31.7. The molecule has 0 saturated carbocycles. The number of carbonyl (C=O) groups is 4. The number of carbonyl (C=O) groups excluding carboxylic acids is 4. The number of hydrogen-bond acceptors (Lipinski definition) is 15. The summed E-state index contributed by atoms with van der Waals surface area (Å²) in [6.07, 6.45) is 29.1. The monoisotopic (exact) mass is 1090 g/mol. The first kappa shape index (κ1) is 71.1. The van der Waals surface area contributed by atoms with E-state index in [2.05, 4.69) is 34.6 Å². The van der Waals surface area contributed by atoms with Gasteiger partial charge in [-0.3, -0.25) is 37.3 Å². The van der Waals surface area contributed by atoms with Crippen LogP contribution in [0.3, 0.4) is 0 Å². The van der Waals surface area contributed by atoms with E-state index >= 15 is 0 Å². The summed E-state index contributed by atoms with van der Waals surface area (Å²) in [5.74, 6) is -1.34. The third kappa shape index (κ3) is 48.2. The first-order valence-electron chi connectivity index (χ1n) is 28.7. The predicted octanol–water partition coefficient (Wildman–Crippen LogP) is 13.9. The van der Waals surface area contributed by atoms with E-state index < -0.39 is 97.5 Å². The van der Waals surface area contributed by atoms with Crippen molar-refractivity contribution < 1.29 is 80.2 Å². The van der Waals surface area contributed by atoms with Gasteiger partial charge in [0.1, 0.15) is 19.3 Å². The van der Waals surface area contributed by atoms with Crippen LogP contribution in [0.15, 0.2) is 0 Å². The Morgan fingerprint density at radius 3 is 0.973 bits per heavy atom. The van der Waals surface area contributed by atoms with Crippen LogP contribution in [0.1, 0.15) is 259 Å². The standard InChI is InChI=1S/C54H104O17P2/c1-6-10-13-26-32-37-51(56)64-43-49(70-53(58)39-34-28-15-12-8-3)45-68-72(60,61)66-41-48(55)42-67-73(62,63)69-46-50(44-65-52(57)38-33-27-14-11-7-2)71-54(59)40-35-30-25-23-21-19-17-16-18-20-22-24-29-31-36-47(5)9-4/h47-50,55H,6-46H2,1-5H3,(H,60,61)(H,62,63)/t47?,48-,49+,50+/m0/s1. The van der Waals surface area contributed by atoms with Crippen molar-refractivity contribution in [3.8, 4) is 0 Å². The molecule has 3 N–H and O–H groups in total. The summed E-state index contributed by atoms with van der Waals surface area (Å²) in [4.78, 5) is 70.9. The lowest BCUT2D eigenvalue weighted by Gasteiger charge is -2.21. The molecule has 0 saturated heterocycles. The Kier molecular flexibility index (Phi) is 47.1. The van der Waals surface area contributed by atoms with Crippen molar-refractivity contribution in [3.05, 3.63) is 0 Å². The zero-order valence-corrected chi connectivity index (χ0v) is 48.0. The Morgan fingerprint density at radius 2 is 0.658 bits per heavy atom. The first-order chi connectivity index (χ1) is 35.1. The second kappa shape index (κ2) is 48.4. The second-order valence-electron chi connectivity index (χ2n) is 19.9. The van der Waals surface area contributed by atoms with Crippen LogP contribution in [0, 0.1) is 5.92 Å². The van der Waals surface area contributed by atoms with E-state index in [1.165, 1.54) is 70.6 Å². The smallest absolute Gasteiger partial charge is 0.462 e. The summed E-state index contributed by atoms with van der Waals surface area (Å²) in [7, 11) is -9.84. The number of rotatable bonds is 54. The van der Waals surface area contributed by atoms with Gasteiger partial charge >= 0.3 is 39.5 Å². The number of phosphoric ester groups is 2. The van der Waals surface area contributed by atoms with Crippen molar-refractivity contribution in [1.29, 1.82) is 0 Å². The summed E-state index contributed by atoms with van der Waals surface area (Å²) in [5, 5.41) is 10.4. The molecule has 0 spiro atoms. The highest BCUT2D eigenvalue weighted by molar-refractivity contribution is 7.47. The second-order valence-corrected chi connectivity index (χ2v) is 22.8. The number of aliphatic hydroxyl groups is 1. The van der Waals surface area contributed by atoms with Crippen molar-refractivity contribution in [2.75, 3.05) is 39.6 Å². The molecule has 0 amide bonds. The topological polar surface area (TPSA) is 237 Å². The predicted molar refractivity (Wildman–Crippen MR) is 285 cm³/mol. The fourth-order valence-corrected chi connectivity index (χ4v) is 9.36. The Balaban J connectivity index is 4.97. The van der Waals surface area contributed by atoms with Gasteiger partial charge in [0.05, 0.1) is 26.4 Å². The molecule has 19 heteroatoms. The van der Waals surface area contributed by atoms with Gasteiger partial charge in [0, 0.05) is 25.7 Å². The molecule has 0 aromatic rings. The van der Waals surface area contributed by atoms with Gasteiger partial charge in [-0.15, -0.1) is 0 Å². The largest absolute Gasteiger partial charge is 0.472 e. The van der Waals surface area contributed by atoms with Crippen molar-refractivity contribution in [2.45, 2.75) is 278 Å². The van der Waals surface area contributed by atoms with Crippen LogP contribution in [0.2, 0.25) is 0 Å². The number of hydrogen-bond donors (Lipinski definition) is 3. The van der Waals surface area contributed by atoms with Gasteiger partial charge in [-0.1, -0.05) is 208 Å². The Hall–Kier alpha value is -1.94.